The summed E-state index contributed by atoms with van der Waals surface area (Å²) in [4.78, 5) is 0. The number of nitrogens with two attached hydrogens (primary N) is 1. The zero-order valence-electron chi connectivity index (χ0n) is 9.66. The van der Waals surface area contributed by atoms with Crippen molar-refractivity contribution in [2.75, 3.05) is 5.73 Å². The number of aromatic hydroxyl groups is 1. The maximum Gasteiger partial charge on any atom is 0.456 e. The van der Waals surface area contributed by atoms with E-state index in [4.69, 9.17) is 10.8 Å². The molecule has 0 heterocycles. The molecule has 3 N–H and O–H groups in total. The summed E-state index contributed by atoms with van der Waals surface area (Å²) in [6.07, 6.45) is -15.7. The Labute approximate surface area is 111 Å². The molecular formula is C10H6F9NO. The van der Waals surface area contributed by atoms with Crippen LogP contribution in [0.4, 0.5) is 45.2 Å². The van der Waals surface area contributed by atoms with E-state index in [9.17, 15) is 39.5 Å². The smallest absolute Gasteiger partial charge is 0.456 e. The topological polar surface area (TPSA) is 46.2 Å². The fourth-order valence-corrected chi connectivity index (χ4v) is 1.40. The first kappa shape index (κ1) is 17.2. The lowest BCUT2D eigenvalue weighted by Crippen LogP contribution is -2.40. The lowest BCUT2D eigenvalue weighted by Gasteiger charge is -2.24. The molecule has 0 saturated heterocycles. The van der Waals surface area contributed by atoms with Gasteiger partial charge in [0.15, 0.2) is 11.9 Å². The Balaban J connectivity index is 3.43. The standard InChI is InChI=1S/C10H6F9NO/c11-7(8(12,13)10(17,18)19)3-1-4(9(14,15)16)6(21)5(20)2-3/h1-2,7,21H,20H2. The van der Waals surface area contributed by atoms with Crippen LogP contribution in [-0.4, -0.2) is 17.2 Å². The van der Waals surface area contributed by atoms with Gasteiger partial charge in [0.1, 0.15) is 0 Å². The first-order chi connectivity index (χ1) is 9.19. The number of anilines is 1. The normalized spacial score (nSPS) is 15.1. The van der Waals surface area contributed by atoms with Crippen LogP contribution in [0, 0.1) is 0 Å². The minimum Gasteiger partial charge on any atom is -0.505 e. The highest BCUT2D eigenvalue weighted by Gasteiger charge is 2.63. The molecule has 0 spiro atoms. The third-order valence-electron chi connectivity index (χ3n) is 2.46. The highest BCUT2D eigenvalue weighted by Crippen LogP contribution is 2.49. The Bertz CT molecular complexity index is 535. The number of rotatable bonds is 2. The van der Waals surface area contributed by atoms with Gasteiger partial charge in [0.05, 0.1) is 11.3 Å². The van der Waals surface area contributed by atoms with Crippen molar-refractivity contribution in [3.8, 4) is 5.75 Å². The monoisotopic (exact) mass is 327 g/mol. The number of alkyl halides is 9. The molecule has 1 aromatic carbocycles. The van der Waals surface area contributed by atoms with E-state index >= 15 is 0 Å². The highest BCUT2D eigenvalue weighted by atomic mass is 19.4. The SMILES string of the molecule is Nc1cc(C(F)C(F)(F)C(F)(F)F)cc(C(F)(F)F)c1O. The van der Waals surface area contributed by atoms with Crippen LogP contribution < -0.4 is 5.73 Å². The van der Waals surface area contributed by atoms with E-state index in [1.807, 2.05) is 0 Å². The molecule has 0 aromatic heterocycles. The van der Waals surface area contributed by atoms with E-state index in [0.717, 1.165) is 0 Å². The predicted molar refractivity (Wildman–Crippen MR) is 52.4 cm³/mol. The summed E-state index contributed by atoms with van der Waals surface area (Å²) in [5, 5.41) is 9.02. The molecule has 0 aliphatic heterocycles. The van der Waals surface area contributed by atoms with Crippen molar-refractivity contribution in [3.05, 3.63) is 23.3 Å². The molecule has 0 amide bonds. The van der Waals surface area contributed by atoms with Crippen molar-refractivity contribution >= 4 is 5.69 Å². The molecule has 11 heteroatoms. The molecule has 0 aliphatic rings. The largest absolute Gasteiger partial charge is 0.505 e. The molecule has 0 aliphatic carbocycles. The van der Waals surface area contributed by atoms with Crippen LogP contribution in [0.25, 0.3) is 0 Å². The summed E-state index contributed by atoms with van der Waals surface area (Å²) in [5.74, 6) is -7.51. The fraction of sp³-hybridized carbons (Fsp3) is 0.400. The third kappa shape index (κ3) is 3.10. The molecule has 120 valence electrons. The van der Waals surface area contributed by atoms with Gasteiger partial charge in [0.2, 0.25) is 0 Å². The number of nitrogen functional groups attached to an aromatic ring is 1. The van der Waals surface area contributed by atoms with Crippen molar-refractivity contribution in [2.45, 2.75) is 24.4 Å². The Morgan fingerprint density at radius 3 is 1.81 bits per heavy atom. The lowest BCUT2D eigenvalue weighted by atomic mass is 10.00. The van der Waals surface area contributed by atoms with Crippen LogP contribution in [0.5, 0.6) is 5.75 Å². The number of hydrogen-bond acceptors (Lipinski definition) is 2. The second-order valence-electron chi connectivity index (χ2n) is 3.99. The van der Waals surface area contributed by atoms with Gasteiger partial charge >= 0.3 is 18.3 Å². The van der Waals surface area contributed by atoms with E-state index in [0.29, 0.717) is 0 Å². The van der Waals surface area contributed by atoms with Crippen molar-refractivity contribution in [1.82, 2.24) is 0 Å². The Morgan fingerprint density at radius 2 is 1.43 bits per heavy atom. The van der Waals surface area contributed by atoms with Crippen LogP contribution in [-0.2, 0) is 6.18 Å². The van der Waals surface area contributed by atoms with Crippen molar-refractivity contribution in [1.29, 1.82) is 0 Å². The molecule has 1 unspecified atom stereocenters. The summed E-state index contributed by atoms with van der Waals surface area (Å²) in [6, 6.07) is -0.273. The van der Waals surface area contributed by atoms with E-state index < -0.39 is 47.0 Å². The highest BCUT2D eigenvalue weighted by molar-refractivity contribution is 5.59. The van der Waals surface area contributed by atoms with Crippen LogP contribution in [0.3, 0.4) is 0 Å². The zero-order chi connectivity index (χ0) is 16.8. The van der Waals surface area contributed by atoms with Crippen molar-refractivity contribution in [3.63, 3.8) is 0 Å². The first-order valence-electron chi connectivity index (χ1n) is 4.97. The molecule has 1 atom stereocenters. The second kappa shape index (κ2) is 4.88. The van der Waals surface area contributed by atoms with Crippen LogP contribution in [0.2, 0.25) is 0 Å². The minimum absolute atomic E-state index is 0.0783. The van der Waals surface area contributed by atoms with Crippen LogP contribution in [0.1, 0.15) is 17.3 Å². The summed E-state index contributed by atoms with van der Waals surface area (Å²) in [6.45, 7) is 0. The summed E-state index contributed by atoms with van der Waals surface area (Å²) in [7, 11) is 0. The Kier molecular flexibility index (Phi) is 4.01. The van der Waals surface area contributed by atoms with Gasteiger partial charge in [-0.3, -0.25) is 0 Å². The van der Waals surface area contributed by atoms with Gasteiger partial charge in [-0.25, -0.2) is 4.39 Å². The van der Waals surface area contributed by atoms with Gasteiger partial charge in [-0.2, -0.15) is 35.1 Å². The fourth-order valence-electron chi connectivity index (χ4n) is 1.40. The quantitative estimate of drug-likeness (QED) is 0.486. The van der Waals surface area contributed by atoms with Gasteiger partial charge in [-0.05, 0) is 17.7 Å². The molecule has 1 rings (SSSR count). The molecule has 2 nitrogen and oxygen atoms in total. The van der Waals surface area contributed by atoms with E-state index in [1.165, 1.54) is 0 Å². The van der Waals surface area contributed by atoms with Crippen molar-refractivity contribution in [2.24, 2.45) is 0 Å². The van der Waals surface area contributed by atoms with Gasteiger partial charge in [0.25, 0.3) is 0 Å². The number of phenolic OH excluding ortho intramolecular Hbond substituents is 1. The van der Waals surface area contributed by atoms with Crippen LogP contribution >= 0.6 is 0 Å². The number of benzene rings is 1. The summed E-state index contributed by atoms with van der Waals surface area (Å²) >= 11 is 0. The Morgan fingerprint density at radius 1 is 0.952 bits per heavy atom. The average Bonchev–Trinajstić information content (AvgIpc) is 2.28. The third-order valence-corrected chi connectivity index (χ3v) is 2.46. The van der Waals surface area contributed by atoms with E-state index in [1.54, 1.807) is 0 Å². The summed E-state index contributed by atoms with van der Waals surface area (Å²) in [5.41, 5.74) is 0.0169. The molecule has 21 heavy (non-hydrogen) atoms. The Hall–Kier alpha value is -1.81. The second-order valence-corrected chi connectivity index (χ2v) is 3.99. The average molecular weight is 327 g/mol. The first-order valence-corrected chi connectivity index (χ1v) is 4.97. The number of phenols is 1. The zero-order valence-corrected chi connectivity index (χ0v) is 9.66. The number of hydrogen-bond donors (Lipinski definition) is 2. The summed E-state index contributed by atoms with van der Waals surface area (Å²) < 4.78 is 112. The predicted octanol–water partition coefficient (Wildman–Crippen LogP) is 4.20. The molecule has 0 radical (unpaired) electrons. The van der Waals surface area contributed by atoms with Crippen LogP contribution in [0.15, 0.2) is 12.1 Å². The van der Waals surface area contributed by atoms with Gasteiger partial charge in [-0.15, -0.1) is 0 Å². The molecule has 1 aromatic rings. The van der Waals surface area contributed by atoms with Crippen molar-refractivity contribution < 1.29 is 44.6 Å². The van der Waals surface area contributed by atoms with E-state index in [2.05, 4.69) is 0 Å². The van der Waals surface area contributed by atoms with E-state index in [-0.39, 0.29) is 12.1 Å². The molecular weight excluding hydrogens is 321 g/mol. The van der Waals surface area contributed by atoms with Gasteiger partial charge in [0, 0.05) is 0 Å². The molecule has 0 fully saturated rings. The number of halogens is 9. The lowest BCUT2D eigenvalue weighted by molar-refractivity contribution is -0.305. The minimum atomic E-state index is -6.31. The molecule has 0 saturated carbocycles. The molecule has 0 bridgehead atoms. The van der Waals surface area contributed by atoms with Gasteiger partial charge in [-0.1, -0.05) is 0 Å². The van der Waals surface area contributed by atoms with Gasteiger partial charge < -0.3 is 10.8 Å². The maximum absolute atomic E-state index is 13.3. The maximum atomic E-state index is 13.3.